The standard InChI is InChI=1S/C16H23N3OS/c1-13-5-4-6-14(9-13)12-19(2)16-18-11-15(21-16)10-17-7-8-20-3/h4-6,9,11,17H,7-8,10,12H2,1-3H3. The quantitative estimate of drug-likeness (QED) is 0.761. The lowest BCUT2D eigenvalue weighted by atomic mass is 10.1. The van der Waals surface area contributed by atoms with Crippen LogP contribution in [-0.4, -0.2) is 32.3 Å². The van der Waals surface area contributed by atoms with E-state index in [1.54, 1.807) is 18.4 Å². The Balaban J connectivity index is 1.88. The Morgan fingerprint density at radius 1 is 1.38 bits per heavy atom. The smallest absolute Gasteiger partial charge is 0.185 e. The summed E-state index contributed by atoms with van der Waals surface area (Å²) in [7, 11) is 3.80. The van der Waals surface area contributed by atoms with Gasteiger partial charge in [-0.2, -0.15) is 0 Å². The molecule has 5 heteroatoms. The SMILES string of the molecule is COCCNCc1cnc(N(C)Cc2cccc(C)c2)s1. The first kappa shape index (κ1) is 15.9. The molecule has 4 nitrogen and oxygen atoms in total. The van der Waals surface area contributed by atoms with Crippen LogP contribution in [0.5, 0.6) is 0 Å². The highest BCUT2D eigenvalue weighted by atomic mass is 32.1. The number of benzene rings is 1. The normalized spacial score (nSPS) is 10.8. The summed E-state index contributed by atoms with van der Waals surface area (Å²) in [6, 6.07) is 8.60. The summed E-state index contributed by atoms with van der Waals surface area (Å²) < 4.78 is 5.02. The Hall–Kier alpha value is -1.43. The van der Waals surface area contributed by atoms with Crippen LogP contribution in [0.1, 0.15) is 16.0 Å². The van der Waals surface area contributed by atoms with E-state index in [0.29, 0.717) is 0 Å². The highest BCUT2D eigenvalue weighted by molar-refractivity contribution is 7.15. The molecule has 0 unspecified atom stereocenters. The molecule has 2 aromatic rings. The van der Waals surface area contributed by atoms with Gasteiger partial charge in [-0.1, -0.05) is 29.8 Å². The van der Waals surface area contributed by atoms with Crippen LogP contribution in [0.4, 0.5) is 5.13 Å². The molecule has 0 radical (unpaired) electrons. The van der Waals surface area contributed by atoms with Gasteiger partial charge in [0.25, 0.3) is 0 Å². The van der Waals surface area contributed by atoms with Crippen LogP contribution < -0.4 is 10.2 Å². The highest BCUT2D eigenvalue weighted by Gasteiger charge is 2.07. The summed E-state index contributed by atoms with van der Waals surface area (Å²) in [6.07, 6.45) is 1.95. The van der Waals surface area contributed by atoms with Crippen molar-refractivity contribution in [2.24, 2.45) is 0 Å². The lowest BCUT2D eigenvalue weighted by Gasteiger charge is -2.15. The number of rotatable bonds is 8. The Bertz CT molecular complexity index is 556. The van der Waals surface area contributed by atoms with Gasteiger partial charge in [-0.25, -0.2) is 4.98 Å². The third-order valence-electron chi connectivity index (χ3n) is 3.15. The molecule has 1 N–H and O–H groups in total. The Labute approximate surface area is 130 Å². The van der Waals surface area contributed by atoms with Crippen molar-refractivity contribution in [1.82, 2.24) is 10.3 Å². The summed E-state index contributed by atoms with van der Waals surface area (Å²) in [6.45, 7) is 5.45. The number of thiazole rings is 1. The molecule has 21 heavy (non-hydrogen) atoms. The largest absolute Gasteiger partial charge is 0.383 e. The molecule has 2 rings (SSSR count). The lowest BCUT2D eigenvalue weighted by molar-refractivity contribution is 0.199. The van der Waals surface area contributed by atoms with Gasteiger partial charge in [-0.05, 0) is 12.5 Å². The van der Waals surface area contributed by atoms with Crippen molar-refractivity contribution >= 4 is 16.5 Å². The molecular formula is C16H23N3OS. The van der Waals surface area contributed by atoms with Gasteiger partial charge in [0.2, 0.25) is 0 Å². The van der Waals surface area contributed by atoms with Crippen molar-refractivity contribution in [3.05, 3.63) is 46.5 Å². The topological polar surface area (TPSA) is 37.4 Å². The maximum atomic E-state index is 5.02. The van der Waals surface area contributed by atoms with Gasteiger partial charge in [0.15, 0.2) is 5.13 Å². The zero-order valence-corrected chi connectivity index (χ0v) is 13.7. The molecular weight excluding hydrogens is 282 g/mol. The lowest BCUT2D eigenvalue weighted by Crippen LogP contribution is -2.17. The second-order valence-electron chi connectivity index (χ2n) is 5.12. The van der Waals surface area contributed by atoms with E-state index >= 15 is 0 Å². The van der Waals surface area contributed by atoms with Gasteiger partial charge in [-0.15, -0.1) is 11.3 Å². The number of nitrogens with one attached hydrogen (secondary N) is 1. The molecule has 0 spiro atoms. The average Bonchev–Trinajstić information content (AvgIpc) is 2.93. The minimum atomic E-state index is 0.735. The minimum Gasteiger partial charge on any atom is -0.383 e. The monoisotopic (exact) mass is 305 g/mol. The molecule has 0 saturated carbocycles. The molecule has 1 aromatic heterocycles. The Kier molecular flexibility index (Phi) is 6.17. The second-order valence-corrected chi connectivity index (χ2v) is 6.22. The molecule has 1 heterocycles. The van der Waals surface area contributed by atoms with Gasteiger partial charge in [0.1, 0.15) is 0 Å². The minimum absolute atomic E-state index is 0.735. The fourth-order valence-corrected chi connectivity index (χ4v) is 2.93. The fourth-order valence-electron chi connectivity index (χ4n) is 2.09. The van der Waals surface area contributed by atoms with Crippen LogP contribution in [0.25, 0.3) is 0 Å². The molecule has 0 aliphatic rings. The zero-order chi connectivity index (χ0) is 15.1. The van der Waals surface area contributed by atoms with Gasteiger partial charge in [0.05, 0.1) is 6.61 Å². The zero-order valence-electron chi connectivity index (χ0n) is 12.9. The molecule has 0 bridgehead atoms. The van der Waals surface area contributed by atoms with E-state index < -0.39 is 0 Å². The van der Waals surface area contributed by atoms with Gasteiger partial charge in [-0.3, -0.25) is 0 Å². The Morgan fingerprint density at radius 2 is 2.24 bits per heavy atom. The van der Waals surface area contributed by atoms with Crippen LogP contribution in [0.2, 0.25) is 0 Å². The van der Waals surface area contributed by atoms with Gasteiger partial charge >= 0.3 is 0 Å². The van der Waals surface area contributed by atoms with E-state index in [1.165, 1.54) is 16.0 Å². The van der Waals surface area contributed by atoms with Crippen LogP contribution in [-0.2, 0) is 17.8 Å². The summed E-state index contributed by atoms with van der Waals surface area (Å²) in [4.78, 5) is 7.95. The van der Waals surface area contributed by atoms with E-state index in [1.807, 2.05) is 6.20 Å². The van der Waals surface area contributed by atoms with Crippen molar-refractivity contribution in [3.8, 4) is 0 Å². The average molecular weight is 305 g/mol. The third-order valence-corrected chi connectivity index (χ3v) is 4.26. The van der Waals surface area contributed by atoms with E-state index in [2.05, 4.69) is 53.4 Å². The first-order valence-corrected chi connectivity index (χ1v) is 7.91. The van der Waals surface area contributed by atoms with E-state index in [4.69, 9.17) is 4.74 Å². The van der Waals surface area contributed by atoms with E-state index in [-0.39, 0.29) is 0 Å². The maximum Gasteiger partial charge on any atom is 0.185 e. The van der Waals surface area contributed by atoms with Crippen LogP contribution in [0.3, 0.4) is 0 Å². The number of aryl methyl sites for hydroxylation is 1. The van der Waals surface area contributed by atoms with Crippen LogP contribution in [0, 0.1) is 6.92 Å². The number of nitrogens with zero attached hydrogens (tertiary/aromatic N) is 2. The predicted molar refractivity (Wildman–Crippen MR) is 89.0 cm³/mol. The molecule has 1 aromatic carbocycles. The molecule has 0 amide bonds. The summed E-state index contributed by atoms with van der Waals surface area (Å²) in [5, 5.41) is 4.39. The fraction of sp³-hybridized carbons (Fsp3) is 0.438. The number of aromatic nitrogens is 1. The van der Waals surface area contributed by atoms with E-state index in [9.17, 15) is 0 Å². The first-order valence-electron chi connectivity index (χ1n) is 7.10. The number of anilines is 1. The predicted octanol–water partition coefficient (Wildman–Crippen LogP) is 2.82. The summed E-state index contributed by atoms with van der Waals surface area (Å²) in [5.41, 5.74) is 2.61. The molecule has 0 fully saturated rings. The molecule has 0 atom stereocenters. The molecule has 0 aliphatic carbocycles. The first-order chi connectivity index (χ1) is 10.2. The third kappa shape index (κ3) is 5.12. The van der Waals surface area contributed by atoms with Crippen LogP contribution >= 0.6 is 11.3 Å². The number of hydrogen-bond acceptors (Lipinski definition) is 5. The number of hydrogen-bond donors (Lipinski definition) is 1. The van der Waals surface area contributed by atoms with Gasteiger partial charge in [0, 0.05) is 44.9 Å². The van der Waals surface area contributed by atoms with Gasteiger partial charge < -0.3 is 15.0 Å². The van der Waals surface area contributed by atoms with E-state index in [0.717, 1.165) is 31.4 Å². The number of methoxy groups -OCH3 is 1. The van der Waals surface area contributed by atoms with Crippen molar-refractivity contribution < 1.29 is 4.74 Å². The second kappa shape index (κ2) is 8.12. The highest BCUT2D eigenvalue weighted by Crippen LogP contribution is 2.23. The van der Waals surface area contributed by atoms with Crippen molar-refractivity contribution in [3.63, 3.8) is 0 Å². The summed E-state index contributed by atoms with van der Waals surface area (Å²) in [5.74, 6) is 0. The molecule has 114 valence electrons. The molecule has 0 saturated heterocycles. The van der Waals surface area contributed by atoms with Crippen molar-refractivity contribution in [2.75, 3.05) is 32.2 Å². The van der Waals surface area contributed by atoms with Crippen LogP contribution in [0.15, 0.2) is 30.5 Å². The van der Waals surface area contributed by atoms with Crippen molar-refractivity contribution in [1.29, 1.82) is 0 Å². The number of ether oxygens (including phenoxy) is 1. The van der Waals surface area contributed by atoms with Crippen molar-refractivity contribution in [2.45, 2.75) is 20.0 Å². The maximum absolute atomic E-state index is 5.02. The molecule has 0 aliphatic heterocycles. The Morgan fingerprint density at radius 3 is 3.00 bits per heavy atom. The summed E-state index contributed by atoms with van der Waals surface area (Å²) >= 11 is 1.73.